The summed E-state index contributed by atoms with van der Waals surface area (Å²) in [6.45, 7) is 0. The molecule has 0 saturated heterocycles. The Morgan fingerprint density at radius 1 is 1.27 bits per heavy atom. The molecule has 11 heavy (non-hydrogen) atoms. The molecule has 0 amide bonds. The van der Waals surface area contributed by atoms with Gasteiger partial charge in [0.2, 0.25) is 0 Å². The van der Waals surface area contributed by atoms with Crippen molar-refractivity contribution in [3.63, 3.8) is 0 Å². The summed E-state index contributed by atoms with van der Waals surface area (Å²) in [4.78, 5) is 0. The molecular weight excluding hydrogens is 185 g/mol. The molecule has 1 aromatic heterocycles. The van der Waals surface area contributed by atoms with E-state index >= 15 is 0 Å². The molecule has 1 aromatic carbocycles. The van der Waals surface area contributed by atoms with Gasteiger partial charge in [0.1, 0.15) is 0 Å². The van der Waals surface area contributed by atoms with Crippen LogP contribution in [0.1, 0.15) is 0 Å². The van der Waals surface area contributed by atoms with Crippen LogP contribution in [0.4, 0.5) is 0 Å². The molecule has 0 atom stereocenters. The predicted octanol–water partition coefficient (Wildman–Crippen LogP) is 3.13. The molecule has 2 nitrogen and oxygen atoms in total. The molecule has 0 bridgehead atoms. The second-order valence-corrected chi connectivity index (χ2v) is 2.97. The van der Waals surface area contributed by atoms with Crippen molar-refractivity contribution < 1.29 is 4.52 Å². The third kappa shape index (κ3) is 1.08. The fourth-order valence-corrected chi connectivity index (χ4v) is 1.42. The molecule has 0 spiro atoms. The Morgan fingerprint density at radius 3 is 2.91 bits per heavy atom. The zero-order chi connectivity index (χ0) is 7.84. The number of hydrogen-bond acceptors (Lipinski definition) is 2. The van der Waals surface area contributed by atoms with Crippen LogP contribution in [0.5, 0.6) is 0 Å². The van der Waals surface area contributed by atoms with Crippen molar-refractivity contribution in [3.8, 4) is 0 Å². The van der Waals surface area contributed by atoms with Gasteiger partial charge in [-0.15, -0.1) is 0 Å². The van der Waals surface area contributed by atoms with Gasteiger partial charge in [-0.25, -0.2) is 0 Å². The Kier molecular flexibility index (Phi) is 1.51. The van der Waals surface area contributed by atoms with Gasteiger partial charge in [0.15, 0.2) is 5.58 Å². The van der Waals surface area contributed by atoms with Gasteiger partial charge in [-0.05, 0) is 6.07 Å². The van der Waals surface area contributed by atoms with E-state index in [2.05, 4.69) is 5.16 Å². The topological polar surface area (TPSA) is 26.0 Å². The summed E-state index contributed by atoms with van der Waals surface area (Å²) in [5.74, 6) is 0. The summed E-state index contributed by atoms with van der Waals surface area (Å²) in [6, 6.07) is 3.33. The van der Waals surface area contributed by atoms with Gasteiger partial charge in [-0.3, -0.25) is 0 Å². The average molecular weight is 188 g/mol. The first-order valence-electron chi connectivity index (χ1n) is 2.97. The summed E-state index contributed by atoms with van der Waals surface area (Å²) in [5.41, 5.74) is 0.613. The van der Waals surface area contributed by atoms with Crippen LogP contribution in [0.25, 0.3) is 11.0 Å². The van der Waals surface area contributed by atoms with Gasteiger partial charge in [-0.1, -0.05) is 28.4 Å². The summed E-state index contributed by atoms with van der Waals surface area (Å²) < 4.78 is 4.86. The minimum Gasteiger partial charge on any atom is -0.356 e. The Morgan fingerprint density at radius 2 is 2.09 bits per heavy atom. The van der Waals surface area contributed by atoms with E-state index in [1.807, 2.05) is 0 Å². The summed E-state index contributed by atoms with van der Waals surface area (Å²) >= 11 is 11.5. The fourth-order valence-electron chi connectivity index (χ4n) is 0.898. The van der Waals surface area contributed by atoms with Crippen molar-refractivity contribution in [2.24, 2.45) is 0 Å². The maximum absolute atomic E-state index is 5.82. The standard InChI is InChI=1S/C7H3Cl2NO/c8-4-1-6(9)5-3-10-11-7(5)2-4/h1-3H. The monoisotopic (exact) mass is 187 g/mol. The average Bonchev–Trinajstić information content (AvgIpc) is 2.34. The van der Waals surface area contributed by atoms with Crippen LogP contribution < -0.4 is 0 Å². The zero-order valence-electron chi connectivity index (χ0n) is 5.34. The second kappa shape index (κ2) is 2.40. The van der Waals surface area contributed by atoms with Crippen LogP contribution in [-0.4, -0.2) is 5.16 Å². The van der Waals surface area contributed by atoms with Crippen molar-refractivity contribution in [2.75, 3.05) is 0 Å². The highest BCUT2D eigenvalue weighted by atomic mass is 35.5. The molecule has 2 rings (SSSR count). The Bertz CT molecular complexity index is 396. The number of aromatic nitrogens is 1. The predicted molar refractivity (Wildman–Crippen MR) is 44.0 cm³/mol. The summed E-state index contributed by atoms with van der Waals surface area (Å²) in [5, 5.41) is 5.49. The van der Waals surface area contributed by atoms with Crippen LogP contribution in [0, 0.1) is 0 Å². The Balaban J connectivity index is 2.91. The van der Waals surface area contributed by atoms with E-state index < -0.39 is 0 Å². The number of rotatable bonds is 0. The molecule has 0 radical (unpaired) electrons. The third-order valence-electron chi connectivity index (χ3n) is 1.39. The summed E-state index contributed by atoms with van der Waals surface area (Å²) in [7, 11) is 0. The highest BCUT2D eigenvalue weighted by Gasteiger charge is 2.03. The van der Waals surface area contributed by atoms with Gasteiger partial charge >= 0.3 is 0 Å². The molecule has 0 aliphatic rings. The van der Waals surface area contributed by atoms with Crippen LogP contribution in [0.3, 0.4) is 0 Å². The first-order chi connectivity index (χ1) is 5.27. The molecule has 0 aliphatic heterocycles. The van der Waals surface area contributed by atoms with E-state index in [9.17, 15) is 0 Å². The first-order valence-corrected chi connectivity index (χ1v) is 3.72. The molecule has 0 N–H and O–H groups in total. The minimum atomic E-state index is 0.555. The lowest BCUT2D eigenvalue weighted by Crippen LogP contribution is -1.67. The molecule has 0 aliphatic carbocycles. The molecule has 0 fully saturated rings. The van der Waals surface area contributed by atoms with Gasteiger partial charge in [0, 0.05) is 11.1 Å². The normalized spacial score (nSPS) is 10.7. The van der Waals surface area contributed by atoms with Gasteiger partial charge < -0.3 is 4.52 Å². The number of benzene rings is 1. The summed E-state index contributed by atoms with van der Waals surface area (Å²) in [6.07, 6.45) is 1.56. The molecule has 56 valence electrons. The lowest BCUT2D eigenvalue weighted by molar-refractivity contribution is 0.456. The molecule has 0 unspecified atom stereocenters. The van der Waals surface area contributed by atoms with Crippen molar-refractivity contribution in [3.05, 3.63) is 28.4 Å². The van der Waals surface area contributed by atoms with Crippen LogP contribution in [0.2, 0.25) is 10.0 Å². The molecule has 2 aromatic rings. The fraction of sp³-hybridized carbons (Fsp3) is 0. The lowest BCUT2D eigenvalue weighted by Gasteiger charge is -1.91. The highest BCUT2D eigenvalue weighted by Crippen LogP contribution is 2.27. The van der Waals surface area contributed by atoms with Gasteiger partial charge in [0.25, 0.3) is 0 Å². The quantitative estimate of drug-likeness (QED) is 0.634. The van der Waals surface area contributed by atoms with Crippen molar-refractivity contribution >= 4 is 34.2 Å². The Hall–Kier alpha value is -0.730. The maximum Gasteiger partial charge on any atom is 0.169 e. The molecule has 4 heteroatoms. The van der Waals surface area contributed by atoms with E-state index in [4.69, 9.17) is 27.7 Å². The van der Waals surface area contributed by atoms with Crippen LogP contribution >= 0.6 is 23.2 Å². The van der Waals surface area contributed by atoms with E-state index in [0.717, 1.165) is 5.39 Å². The molecular formula is C7H3Cl2NO. The SMILES string of the molecule is Clc1cc(Cl)c2cnoc2c1. The van der Waals surface area contributed by atoms with Crippen molar-refractivity contribution in [1.29, 1.82) is 0 Å². The van der Waals surface area contributed by atoms with Crippen LogP contribution in [-0.2, 0) is 0 Å². The van der Waals surface area contributed by atoms with Crippen molar-refractivity contribution in [1.82, 2.24) is 5.16 Å². The van der Waals surface area contributed by atoms with Gasteiger partial charge in [-0.2, -0.15) is 0 Å². The van der Waals surface area contributed by atoms with E-state index in [1.54, 1.807) is 18.3 Å². The number of hydrogen-bond donors (Lipinski definition) is 0. The number of fused-ring (bicyclic) bond motifs is 1. The van der Waals surface area contributed by atoms with E-state index in [1.165, 1.54) is 0 Å². The van der Waals surface area contributed by atoms with E-state index in [-0.39, 0.29) is 0 Å². The second-order valence-electron chi connectivity index (χ2n) is 2.13. The molecule has 1 heterocycles. The van der Waals surface area contributed by atoms with Crippen LogP contribution in [0.15, 0.2) is 22.9 Å². The number of nitrogens with zero attached hydrogens (tertiary/aromatic N) is 1. The number of halogens is 2. The maximum atomic E-state index is 5.82. The minimum absolute atomic E-state index is 0.555. The Labute approximate surface area is 72.7 Å². The first kappa shape index (κ1) is 6.95. The lowest BCUT2D eigenvalue weighted by atomic mass is 10.3. The van der Waals surface area contributed by atoms with Crippen molar-refractivity contribution in [2.45, 2.75) is 0 Å². The van der Waals surface area contributed by atoms with E-state index in [0.29, 0.717) is 15.6 Å². The third-order valence-corrected chi connectivity index (χ3v) is 1.92. The van der Waals surface area contributed by atoms with Gasteiger partial charge in [0.05, 0.1) is 16.6 Å². The highest BCUT2D eigenvalue weighted by molar-refractivity contribution is 6.38. The largest absolute Gasteiger partial charge is 0.356 e. The molecule has 0 saturated carbocycles. The smallest absolute Gasteiger partial charge is 0.169 e. The zero-order valence-corrected chi connectivity index (χ0v) is 6.86.